The van der Waals surface area contributed by atoms with Gasteiger partial charge in [0.15, 0.2) is 0 Å². The molecule has 1 heterocycles. The highest BCUT2D eigenvalue weighted by atomic mass is 79.9. The third kappa shape index (κ3) is 3.62. The number of hydrogen-bond acceptors (Lipinski definition) is 3. The van der Waals surface area contributed by atoms with Gasteiger partial charge < -0.3 is 10.1 Å². The van der Waals surface area contributed by atoms with E-state index in [1.165, 1.54) is 11.3 Å². The van der Waals surface area contributed by atoms with E-state index < -0.39 is 0 Å². The first kappa shape index (κ1) is 15.5. The standard InChI is InChI=1S/C14H13Br2NO2S/c1-8(9-3-4-12(19-2)11(15)5-9)17-14(18)10-6-13(16)20-7-10/h3-8H,1-2H3,(H,17,18). The summed E-state index contributed by atoms with van der Waals surface area (Å²) in [6.07, 6.45) is 0. The van der Waals surface area contributed by atoms with Crippen LogP contribution in [0.3, 0.4) is 0 Å². The van der Waals surface area contributed by atoms with Crippen LogP contribution < -0.4 is 10.1 Å². The number of amides is 1. The van der Waals surface area contributed by atoms with Crippen molar-refractivity contribution in [3.8, 4) is 5.75 Å². The van der Waals surface area contributed by atoms with Gasteiger partial charge in [-0.05, 0) is 62.5 Å². The fourth-order valence-electron chi connectivity index (χ4n) is 1.74. The van der Waals surface area contributed by atoms with Crippen LogP contribution in [0.25, 0.3) is 0 Å². The molecule has 0 saturated heterocycles. The predicted octanol–water partition coefficient (Wildman–Crippen LogP) is 4.77. The summed E-state index contributed by atoms with van der Waals surface area (Å²) in [6.45, 7) is 1.95. The zero-order valence-electron chi connectivity index (χ0n) is 10.9. The van der Waals surface area contributed by atoms with Gasteiger partial charge in [-0.15, -0.1) is 11.3 Å². The van der Waals surface area contributed by atoms with E-state index in [4.69, 9.17) is 4.74 Å². The molecule has 2 rings (SSSR count). The molecule has 0 saturated carbocycles. The maximum atomic E-state index is 12.1. The summed E-state index contributed by atoms with van der Waals surface area (Å²) in [5, 5.41) is 4.81. The topological polar surface area (TPSA) is 38.3 Å². The number of carbonyl (C=O) groups is 1. The molecule has 2 aromatic rings. The van der Waals surface area contributed by atoms with Gasteiger partial charge in [-0.1, -0.05) is 6.07 Å². The monoisotopic (exact) mass is 417 g/mol. The molecule has 20 heavy (non-hydrogen) atoms. The molecule has 1 atom stereocenters. The van der Waals surface area contributed by atoms with Gasteiger partial charge in [-0.25, -0.2) is 0 Å². The van der Waals surface area contributed by atoms with Gasteiger partial charge in [0, 0.05) is 5.38 Å². The molecule has 1 aromatic carbocycles. The Bertz CT molecular complexity index is 627. The second-order valence-corrected chi connectivity index (χ2v) is 7.37. The Morgan fingerprint density at radius 2 is 2.10 bits per heavy atom. The third-order valence-electron chi connectivity index (χ3n) is 2.85. The van der Waals surface area contributed by atoms with Crippen LogP contribution in [0.4, 0.5) is 0 Å². The highest BCUT2D eigenvalue weighted by molar-refractivity contribution is 9.11. The van der Waals surface area contributed by atoms with Gasteiger partial charge in [0.2, 0.25) is 0 Å². The van der Waals surface area contributed by atoms with Crippen LogP contribution in [0.5, 0.6) is 5.75 Å². The molecule has 0 spiro atoms. The highest BCUT2D eigenvalue weighted by Gasteiger charge is 2.14. The maximum Gasteiger partial charge on any atom is 0.252 e. The van der Waals surface area contributed by atoms with E-state index in [1.807, 2.05) is 36.6 Å². The number of carbonyl (C=O) groups excluding carboxylic acids is 1. The first-order valence-corrected chi connectivity index (χ1v) is 8.36. The highest BCUT2D eigenvalue weighted by Crippen LogP contribution is 2.28. The van der Waals surface area contributed by atoms with Gasteiger partial charge in [0.05, 0.1) is 27.0 Å². The van der Waals surface area contributed by atoms with Crippen LogP contribution in [0, 0.1) is 0 Å². The number of halogens is 2. The number of methoxy groups -OCH3 is 1. The van der Waals surface area contributed by atoms with Crippen LogP contribution in [0.2, 0.25) is 0 Å². The fourth-order valence-corrected chi connectivity index (χ4v) is 3.44. The number of benzene rings is 1. The van der Waals surface area contributed by atoms with E-state index in [0.29, 0.717) is 5.56 Å². The second kappa shape index (κ2) is 6.74. The van der Waals surface area contributed by atoms with E-state index >= 15 is 0 Å². The van der Waals surface area contributed by atoms with Crippen molar-refractivity contribution < 1.29 is 9.53 Å². The quantitative estimate of drug-likeness (QED) is 0.776. The predicted molar refractivity (Wildman–Crippen MR) is 88.6 cm³/mol. The summed E-state index contributed by atoms with van der Waals surface area (Å²) < 4.78 is 7.01. The van der Waals surface area contributed by atoms with Crippen molar-refractivity contribution in [3.05, 3.63) is 49.0 Å². The number of rotatable bonds is 4. The number of ether oxygens (including phenoxy) is 1. The Hall–Kier alpha value is -0.850. The van der Waals surface area contributed by atoms with Crippen molar-refractivity contribution in [1.82, 2.24) is 5.32 Å². The smallest absolute Gasteiger partial charge is 0.252 e. The van der Waals surface area contributed by atoms with E-state index in [-0.39, 0.29) is 11.9 Å². The van der Waals surface area contributed by atoms with Crippen molar-refractivity contribution in [1.29, 1.82) is 0 Å². The lowest BCUT2D eigenvalue weighted by Gasteiger charge is -2.15. The van der Waals surface area contributed by atoms with Crippen molar-refractivity contribution in [3.63, 3.8) is 0 Å². The van der Waals surface area contributed by atoms with Gasteiger partial charge >= 0.3 is 0 Å². The molecule has 0 radical (unpaired) electrons. The summed E-state index contributed by atoms with van der Waals surface area (Å²) in [5.74, 6) is 0.695. The van der Waals surface area contributed by atoms with Gasteiger partial charge in [0.25, 0.3) is 5.91 Å². The Morgan fingerprint density at radius 3 is 2.65 bits per heavy atom. The van der Waals surface area contributed by atoms with E-state index in [9.17, 15) is 4.79 Å². The minimum absolute atomic E-state index is 0.0774. The van der Waals surface area contributed by atoms with Crippen LogP contribution in [0.15, 0.2) is 37.9 Å². The second-order valence-electron chi connectivity index (χ2n) is 4.23. The summed E-state index contributed by atoms with van der Waals surface area (Å²) in [6, 6.07) is 7.51. The molecule has 3 nitrogen and oxygen atoms in total. The van der Waals surface area contributed by atoms with Crippen LogP contribution in [-0.4, -0.2) is 13.0 Å². The molecule has 106 valence electrons. The molecule has 0 bridgehead atoms. The van der Waals surface area contributed by atoms with E-state index in [1.54, 1.807) is 7.11 Å². The molecule has 1 aromatic heterocycles. The van der Waals surface area contributed by atoms with Crippen LogP contribution in [-0.2, 0) is 0 Å². The van der Waals surface area contributed by atoms with Gasteiger partial charge in [-0.2, -0.15) is 0 Å². The molecular formula is C14H13Br2NO2S. The molecule has 1 amide bonds. The van der Waals surface area contributed by atoms with Crippen molar-refractivity contribution in [2.45, 2.75) is 13.0 Å². The molecule has 0 fully saturated rings. The lowest BCUT2D eigenvalue weighted by Crippen LogP contribution is -2.26. The average molecular weight is 419 g/mol. The lowest BCUT2D eigenvalue weighted by atomic mass is 10.1. The molecule has 1 unspecified atom stereocenters. The lowest BCUT2D eigenvalue weighted by molar-refractivity contribution is 0.0940. The van der Waals surface area contributed by atoms with Crippen molar-refractivity contribution in [2.24, 2.45) is 0 Å². The van der Waals surface area contributed by atoms with Crippen LogP contribution >= 0.6 is 43.2 Å². The summed E-state index contributed by atoms with van der Waals surface area (Å²) in [5.41, 5.74) is 1.68. The number of thiophene rings is 1. The first-order valence-electron chi connectivity index (χ1n) is 5.89. The maximum absolute atomic E-state index is 12.1. The Balaban J connectivity index is 2.10. The van der Waals surface area contributed by atoms with Crippen molar-refractivity contribution in [2.75, 3.05) is 7.11 Å². The zero-order valence-corrected chi connectivity index (χ0v) is 14.9. The molecule has 0 aliphatic heterocycles. The fraction of sp³-hybridized carbons (Fsp3) is 0.214. The van der Waals surface area contributed by atoms with Gasteiger partial charge in [-0.3, -0.25) is 4.79 Å². The van der Waals surface area contributed by atoms with E-state index in [0.717, 1.165) is 19.6 Å². The molecule has 6 heteroatoms. The molecule has 1 N–H and O–H groups in total. The number of hydrogen-bond donors (Lipinski definition) is 1. The number of nitrogens with one attached hydrogen (secondary N) is 1. The average Bonchev–Trinajstić information content (AvgIpc) is 2.85. The molecule has 0 aliphatic carbocycles. The summed E-state index contributed by atoms with van der Waals surface area (Å²) in [7, 11) is 1.62. The van der Waals surface area contributed by atoms with Crippen LogP contribution in [0.1, 0.15) is 28.9 Å². The van der Waals surface area contributed by atoms with Crippen molar-refractivity contribution >= 4 is 49.1 Å². The molecular weight excluding hydrogens is 406 g/mol. The summed E-state index contributed by atoms with van der Waals surface area (Å²) >= 11 is 8.30. The third-order valence-corrected chi connectivity index (χ3v) is 4.98. The Kier molecular flexibility index (Phi) is 5.23. The Morgan fingerprint density at radius 1 is 1.35 bits per heavy atom. The normalized spacial score (nSPS) is 12.0. The summed E-state index contributed by atoms with van der Waals surface area (Å²) in [4.78, 5) is 12.1. The minimum atomic E-state index is -0.0802. The SMILES string of the molecule is COc1ccc(C(C)NC(=O)c2csc(Br)c2)cc1Br. The molecule has 0 aliphatic rings. The zero-order chi connectivity index (χ0) is 14.7. The minimum Gasteiger partial charge on any atom is -0.496 e. The first-order chi connectivity index (χ1) is 9.51. The van der Waals surface area contributed by atoms with E-state index in [2.05, 4.69) is 37.2 Å². The van der Waals surface area contributed by atoms with Gasteiger partial charge in [0.1, 0.15) is 5.75 Å². The Labute approximate surface area is 138 Å². The largest absolute Gasteiger partial charge is 0.496 e.